The van der Waals surface area contributed by atoms with Crippen LogP contribution in [0.4, 0.5) is 5.69 Å². The summed E-state index contributed by atoms with van der Waals surface area (Å²) in [5, 5.41) is 12.0. The third-order valence-corrected chi connectivity index (χ3v) is 3.43. The van der Waals surface area contributed by atoms with Gasteiger partial charge in [-0.2, -0.15) is 0 Å². The van der Waals surface area contributed by atoms with E-state index in [1.807, 2.05) is 28.9 Å². The number of nitrogens with two attached hydrogens (primary N) is 1. The zero-order valence-corrected chi connectivity index (χ0v) is 10.5. The lowest BCUT2D eigenvalue weighted by Gasteiger charge is -2.12. The zero-order valence-electron chi connectivity index (χ0n) is 10.5. The number of benzene rings is 1. The summed E-state index contributed by atoms with van der Waals surface area (Å²) in [6, 6.07) is 8.03. The number of rotatable bonds is 4. The van der Waals surface area contributed by atoms with Gasteiger partial charge in [0.1, 0.15) is 0 Å². The second-order valence-corrected chi connectivity index (χ2v) is 5.10. The normalized spacial score (nSPS) is 16.7. The lowest BCUT2D eigenvalue weighted by Crippen LogP contribution is -2.10. The number of tetrazole rings is 1. The van der Waals surface area contributed by atoms with Gasteiger partial charge in [-0.25, -0.2) is 4.68 Å². The fraction of sp³-hybridized carbons (Fsp3) is 0.462. The van der Waals surface area contributed by atoms with Gasteiger partial charge in [0, 0.05) is 11.3 Å². The maximum absolute atomic E-state index is 5.80. The fourth-order valence-electron chi connectivity index (χ4n) is 2.29. The minimum Gasteiger partial charge on any atom is -0.399 e. The van der Waals surface area contributed by atoms with Crippen molar-refractivity contribution in [2.75, 3.05) is 5.73 Å². The van der Waals surface area contributed by atoms with E-state index < -0.39 is 0 Å². The van der Waals surface area contributed by atoms with E-state index in [2.05, 4.69) is 22.4 Å². The van der Waals surface area contributed by atoms with Crippen LogP contribution >= 0.6 is 0 Å². The van der Waals surface area contributed by atoms with Gasteiger partial charge in [0.25, 0.3) is 0 Å². The first kappa shape index (κ1) is 11.2. The van der Waals surface area contributed by atoms with E-state index in [1.54, 1.807) is 0 Å². The van der Waals surface area contributed by atoms with Crippen LogP contribution in [0, 0.1) is 5.92 Å². The Morgan fingerprint density at radius 3 is 3.00 bits per heavy atom. The van der Waals surface area contributed by atoms with E-state index in [-0.39, 0.29) is 0 Å². The highest BCUT2D eigenvalue weighted by atomic mass is 15.5. The first-order valence-electron chi connectivity index (χ1n) is 6.38. The van der Waals surface area contributed by atoms with Gasteiger partial charge in [0.2, 0.25) is 0 Å². The third-order valence-electron chi connectivity index (χ3n) is 3.43. The molecule has 2 N–H and O–H groups in total. The average Bonchev–Trinajstić information content (AvgIpc) is 3.03. The molecule has 1 fully saturated rings. The second-order valence-electron chi connectivity index (χ2n) is 5.10. The summed E-state index contributed by atoms with van der Waals surface area (Å²) in [6.45, 7) is 2.17. The molecular formula is C13H17N5. The van der Waals surface area contributed by atoms with Crippen LogP contribution in [0.25, 0.3) is 11.4 Å². The topological polar surface area (TPSA) is 69.6 Å². The van der Waals surface area contributed by atoms with Crippen LogP contribution in [0.3, 0.4) is 0 Å². The molecule has 94 valence electrons. The lowest BCUT2D eigenvalue weighted by atomic mass is 10.1. The van der Waals surface area contributed by atoms with E-state index >= 15 is 0 Å². The number of nitrogens with zero attached hydrogens (tertiary/aromatic N) is 4. The minimum absolute atomic E-state index is 0.337. The Hall–Kier alpha value is -1.91. The molecule has 0 bridgehead atoms. The Bertz CT molecular complexity index is 544. The van der Waals surface area contributed by atoms with Crippen molar-refractivity contribution in [3.05, 3.63) is 24.3 Å². The molecule has 3 rings (SSSR count). The Morgan fingerprint density at radius 1 is 1.44 bits per heavy atom. The van der Waals surface area contributed by atoms with Crippen LogP contribution in [-0.2, 0) is 0 Å². The Balaban J connectivity index is 1.90. The van der Waals surface area contributed by atoms with Gasteiger partial charge in [-0.05, 0) is 41.8 Å². The van der Waals surface area contributed by atoms with Gasteiger partial charge in [-0.3, -0.25) is 0 Å². The largest absolute Gasteiger partial charge is 0.399 e. The van der Waals surface area contributed by atoms with Crippen molar-refractivity contribution >= 4 is 5.69 Å². The summed E-state index contributed by atoms with van der Waals surface area (Å²) in [5.74, 6) is 1.66. The summed E-state index contributed by atoms with van der Waals surface area (Å²) in [6.07, 6.45) is 3.85. The summed E-state index contributed by atoms with van der Waals surface area (Å²) in [5.41, 5.74) is 7.51. The highest BCUT2D eigenvalue weighted by Crippen LogP contribution is 2.37. The molecule has 0 aliphatic heterocycles. The zero-order chi connectivity index (χ0) is 12.5. The molecule has 1 aliphatic rings. The molecule has 1 aliphatic carbocycles. The third kappa shape index (κ3) is 2.20. The van der Waals surface area contributed by atoms with E-state index in [0.29, 0.717) is 6.04 Å². The maximum atomic E-state index is 5.80. The van der Waals surface area contributed by atoms with Crippen molar-refractivity contribution < 1.29 is 0 Å². The molecule has 18 heavy (non-hydrogen) atoms. The number of anilines is 1. The Morgan fingerprint density at radius 2 is 2.28 bits per heavy atom. The van der Waals surface area contributed by atoms with Crippen LogP contribution in [-0.4, -0.2) is 20.2 Å². The number of hydrogen-bond acceptors (Lipinski definition) is 4. The van der Waals surface area contributed by atoms with Crippen molar-refractivity contribution in [3.8, 4) is 11.4 Å². The highest BCUT2D eigenvalue weighted by molar-refractivity contribution is 5.60. The summed E-state index contributed by atoms with van der Waals surface area (Å²) >= 11 is 0. The van der Waals surface area contributed by atoms with E-state index in [4.69, 9.17) is 5.73 Å². The molecule has 1 atom stereocenters. The second kappa shape index (κ2) is 4.40. The molecule has 1 aromatic heterocycles. The van der Waals surface area contributed by atoms with Crippen LogP contribution < -0.4 is 5.73 Å². The van der Waals surface area contributed by atoms with E-state index in [9.17, 15) is 0 Å². The molecule has 1 aromatic carbocycles. The van der Waals surface area contributed by atoms with Gasteiger partial charge in [0.15, 0.2) is 5.82 Å². The lowest BCUT2D eigenvalue weighted by molar-refractivity contribution is 0.430. The van der Waals surface area contributed by atoms with Crippen molar-refractivity contribution in [2.24, 2.45) is 5.92 Å². The van der Waals surface area contributed by atoms with Crippen molar-refractivity contribution in [1.29, 1.82) is 0 Å². The van der Waals surface area contributed by atoms with Gasteiger partial charge in [0.05, 0.1) is 6.04 Å². The van der Waals surface area contributed by atoms with Crippen molar-refractivity contribution in [1.82, 2.24) is 20.2 Å². The summed E-state index contributed by atoms with van der Waals surface area (Å²) in [7, 11) is 0. The van der Waals surface area contributed by atoms with Gasteiger partial charge in [-0.15, -0.1) is 5.10 Å². The quantitative estimate of drug-likeness (QED) is 0.836. The molecule has 1 heterocycles. The summed E-state index contributed by atoms with van der Waals surface area (Å²) < 4.78 is 1.91. The molecule has 5 heteroatoms. The molecule has 2 aromatic rings. The monoisotopic (exact) mass is 243 g/mol. The number of hydrogen-bond donors (Lipinski definition) is 1. The molecule has 0 spiro atoms. The van der Waals surface area contributed by atoms with Crippen LogP contribution in [0.2, 0.25) is 0 Å². The van der Waals surface area contributed by atoms with Crippen LogP contribution in [0.1, 0.15) is 32.2 Å². The predicted molar refractivity (Wildman–Crippen MR) is 69.7 cm³/mol. The molecule has 0 radical (unpaired) electrons. The fourth-order valence-corrected chi connectivity index (χ4v) is 2.29. The molecule has 5 nitrogen and oxygen atoms in total. The van der Waals surface area contributed by atoms with Gasteiger partial charge >= 0.3 is 0 Å². The van der Waals surface area contributed by atoms with Crippen LogP contribution in [0.5, 0.6) is 0 Å². The molecule has 1 unspecified atom stereocenters. The predicted octanol–water partition coefficient (Wildman–Crippen LogP) is 2.28. The highest BCUT2D eigenvalue weighted by Gasteiger charge is 2.26. The Kier molecular flexibility index (Phi) is 2.74. The molecule has 0 saturated heterocycles. The van der Waals surface area contributed by atoms with Crippen molar-refractivity contribution in [3.63, 3.8) is 0 Å². The molecule has 0 amide bonds. The maximum Gasteiger partial charge on any atom is 0.182 e. The smallest absolute Gasteiger partial charge is 0.182 e. The molecule has 1 saturated carbocycles. The molecular weight excluding hydrogens is 226 g/mol. The van der Waals surface area contributed by atoms with E-state index in [1.165, 1.54) is 12.8 Å². The van der Waals surface area contributed by atoms with E-state index in [0.717, 1.165) is 29.4 Å². The average molecular weight is 243 g/mol. The first-order chi connectivity index (χ1) is 8.74. The number of nitrogen functional groups attached to an aromatic ring is 1. The number of aromatic nitrogens is 4. The van der Waals surface area contributed by atoms with Crippen molar-refractivity contribution in [2.45, 2.75) is 32.2 Å². The SMILES string of the molecule is CC(CC1CC1)n1nnnc1-c1cccc(N)c1. The summed E-state index contributed by atoms with van der Waals surface area (Å²) in [4.78, 5) is 0. The van der Waals surface area contributed by atoms with Gasteiger partial charge in [-0.1, -0.05) is 25.0 Å². The first-order valence-corrected chi connectivity index (χ1v) is 6.38. The standard InChI is InChI=1S/C13H17N5/c1-9(7-10-5-6-10)18-13(15-16-17-18)11-3-2-4-12(14)8-11/h2-4,8-10H,5-7,14H2,1H3. The Labute approximate surface area is 106 Å². The van der Waals surface area contributed by atoms with Crippen LogP contribution in [0.15, 0.2) is 24.3 Å². The van der Waals surface area contributed by atoms with Gasteiger partial charge < -0.3 is 5.73 Å². The minimum atomic E-state index is 0.337.